The van der Waals surface area contributed by atoms with Gasteiger partial charge in [-0.2, -0.15) is 0 Å². The van der Waals surface area contributed by atoms with Gasteiger partial charge in [0.1, 0.15) is 11.3 Å². The average molecular weight is 792 g/mol. The normalized spacial score (nSPS) is 11.1. The molecule has 0 saturated carbocycles. The minimum absolute atomic E-state index is 0.226. The summed E-state index contributed by atoms with van der Waals surface area (Å²) >= 11 is 0. The van der Waals surface area contributed by atoms with Crippen molar-refractivity contribution in [2.75, 3.05) is 82.1 Å². The minimum Gasteiger partial charge on any atom is -0.493 e. The quantitative estimate of drug-likeness (QED) is 0.0294. The van der Waals surface area contributed by atoms with E-state index in [0.29, 0.717) is 83.1 Å². The molecule has 1 heterocycles. The summed E-state index contributed by atoms with van der Waals surface area (Å²) in [7, 11) is 9.07. The number of esters is 2. The van der Waals surface area contributed by atoms with Crippen LogP contribution in [0.3, 0.4) is 0 Å². The molecule has 57 heavy (non-hydrogen) atoms. The maximum absolute atomic E-state index is 12.9. The van der Waals surface area contributed by atoms with Gasteiger partial charge in [0, 0.05) is 36.7 Å². The van der Waals surface area contributed by atoms with Crippen LogP contribution in [0.15, 0.2) is 69.9 Å². The Bertz CT molecular complexity index is 1940. The molecule has 0 amide bonds. The van der Waals surface area contributed by atoms with Gasteiger partial charge >= 0.3 is 17.6 Å². The Hall–Kier alpha value is -5.89. The van der Waals surface area contributed by atoms with Crippen LogP contribution in [0.4, 0.5) is 0 Å². The van der Waals surface area contributed by atoms with Gasteiger partial charge in [-0.15, -0.1) is 0 Å². The Morgan fingerprint density at radius 3 is 1.81 bits per heavy atom. The highest BCUT2D eigenvalue weighted by Gasteiger charge is 2.18. The van der Waals surface area contributed by atoms with Crippen molar-refractivity contribution in [2.45, 2.75) is 38.5 Å². The van der Waals surface area contributed by atoms with Crippen LogP contribution in [0, 0.1) is 0 Å². The zero-order chi connectivity index (χ0) is 41.0. The van der Waals surface area contributed by atoms with Crippen molar-refractivity contribution in [3.8, 4) is 40.2 Å². The van der Waals surface area contributed by atoms with Crippen molar-refractivity contribution >= 4 is 29.0 Å². The van der Waals surface area contributed by atoms with Crippen LogP contribution in [-0.4, -0.2) is 99.0 Å². The number of nitrogens with zero attached hydrogens (tertiary/aromatic N) is 1. The Labute approximate surface area is 333 Å². The second kappa shape index (κ2) is 23.2. The average Bonchev–Trinajstić information content (AvgIpc) is 3.23. The van der Waals surface area contributed by atoms with Gasteiger partial charge in [-0.05, 0) is 86.3 Å². The molecule has 0 atom stereocenters. The number of fused-ring (bicyclic) bond motifs is 1. The second-order valence-corrected chi connectivity index (χ2v) is 12.8. The van der Waals surface area contributed by atoms with Gasteiger partial charge in [0.25, 0.3) is 0 Å². The molecular formula is C43H53NO13. The zero-order valence-electron chi connectivity index (χ0n) is 33.6. The molecule has 0 aliphatic heterocycles. The highest BCUT2D eigenvalue weighted by Crippen LogP contribution is 2.39. The van der Waals surface area contributed by atoms with Gasteiger partial charge in [-0.25, -0.2) is 14.4 Å². The first kappa shape index (κ1) is 43.8. The van der Waals surface area contributed by atoms with E-state index in [1.54, 1.807) is 42.5 Å². The van der Waals surface area contributed by atoms with E-state index in [4.69, 9.17) is 47.0 Å². The zero-order valence-corrected chi connectivity index (χ0v) is 33.6. The highest BCUT2D eigenvalue weighted by atomic mass is 16.5. The van der Waals surface area contributed by atoms with E-state index in [1.165, 1.54) is 54.8 Å². The third-order valence-electron chi connectivity index (χ3n) is 8.95. The van der Waals surface area contributed by atoms with Gasteiger partial charge in [0.2, 0.25) is 11.5 Å². The van der Waals surface area contributed by atoms with Gasteiger partial charge < -0.3 is 51.9 Å². The fraction of sp³-hybridized carbons (Fsp3) is 0.419. The maximum atomic E-state index is 12.9. The lowest BCUT2D eigenvalue weighted by Gasteiger charge is -2.22. The van der Waals surface area contributed by atoms with Crippen LogP contribution in [0.25, 0.3) is 17.0 Å². The molecule has 308 valence electrons. The molecule has 14 heteroatoms. The van der Waals surface area contributed by atoms with E-state index < -0.39 is 17.6 Å². The summed E-state index contributed by atoms with van der Waals surface area (Å²) in [6.45, 7) is 3.31. The van der Waals surface area contributed by atoms with Crippen molar-refractivity contribution in [1.82, 2.24) is 4.90 Å². The van der Waals surface area contributed by atoms with Crippen LogP contribution < -0.4 is 38.8 Å². The summed E-state index contributed by atoms with van der Waals surface area (Å²) < 4.78 is 54.5. The van der Waals surface area contributed by atoms with E-state index in [9.17, 15) is 14.4 Å². The van der Waals surface area contributed by atoms with Crippen molar-refractivity contribution in [3.05, 3.63) is 82.2 Å². The summed E-state index contributed by atoms with van der Waals surface area (Å²) in [5, 5.41) is 0.821. The number of methoxy groups -OCH3 is 6. The molecule has 14 nitrogen and oxygen atoms in total. The molecule has 3 aromatic carbocycles. The lowest BCUT2D eigenvalue weighted by Crippen LogP contribution is -2.29. The first-order valence-corrected chi connectivity index (χ1v) is 18.7. The molecule has 0 radical (unpaired) electrons. The number of unbranched alkanes of at least 4 members (excludes halogenated alkanes) is 3. The van der Waals surface area contributed by atoms with Crippen molar-refractivity contribution in [2.24, 2.45) is 0 Å². The van der Waals surface area contributed by atoms with Crippen molar-refractivity contribution in [1.29, 1.82) is 0 Å². The molecule has 0 spiro atoms. The number of carbonyl (C=O) groups is 2. The molecule has 0 aliphatic carbocycles. The lowest BCUT2D eigenvalue weighted by molar-refractivity contribution is -0.137. The van der Waals surface area contributed by atoms with E-state index in [2.05, 4.69) is 4.90 Å². The first-order chi connectivity index (χ1) is 27.7. The minimum atomic E-state index is -0.488. The molecule has 0 saturated heterocycles. The van der Waals surface area contributed by atoms with Crippen LogP contribution >= 0.6 is 0 Å². The SMILES string of the molecule is COc1cc(/C=C/C(=O)OCCCCCCN(CCCOC(=O)c2cc(OC)c(OC)c(OC)c2)CCCOc2ccc3ccc(=O)oc3c2)cc(OC)c1OC. The highest BCUT2D eigenvalue weighted by molar-refractivity contribution is 5.91. The number of hydrogen-bond acceptors (Lipinski definition) is 14. The predicted octanol–water partition coefficient (Wildman–Crippen LogP) is 6.98. The molecular weight excluding hydrogens is 738 g/mol. The molecule has 4 rings (SSSR count). The van der Waals surface area contributed by atoms with E-state index >= 15 is 0 Å². The summed E-state index contributed by atoms with van der Waals surface area (Å²) in [4.78, 5) is 39.2. The van der Waals surface area contributed by atoms with Gasteiger partial charge in [0.15, 0.2) is 23.0 Å². The summed E-state index contributed by atoms with van der Waals surface area (Å²) in [5.74, 6) is 2.29. The summed E-state index contributed by atoms with van der Waals surface area (Å²) in [6.07, 6.45) is 7.91. The summed E-state index contributed by atoms with van der Waals surface area (Å²) in [6, 6.07) is 15.2. The van der Waals surface area contributed by atoms with Crippen molar-refractivity contribution in [3.63, 3.8) is 0 Å². The maximum Gasteiger partial charge on any atom is 0.338 e. The molecule has 0 bridgehead atoms. The summed E-state index contributed by atoms with van der Waals surface area (Å²) in [5.41, 5.74) is 1.07. The van der Waals surface area contributed by atoms with Crippen LogP contribution in [0.2, 0.25) is 0 Å². The number of rotatable bonds is 25. The molecule has 0 unspecified atom stereocenters. The molecule has 4 aromatic rings. The fourth-order valence-corrected chi connectivity index (χ4v) is 6.05. The number of hydrogen-bond donors (Lipinski definition) is 0. The second-order valence-electron chi connectivity index (χ2n) is 12.8. The molecule has 0 aliphatic rings. The number of ether oxygens (including phenoxy) is 9. The first-order valence-electron chi connectivity index (χ1n) is 18.7. The Kier molecular flexibility index (Phi) is 17.9. The smallest absolute Gasteiger partial charge is 0.338 e. The van der Waals surface area contributed by atoms with E-state index in [-0.39, 0.29) is 6.61 Å². The standard InChI is InChI=1S/C43H53NO13/c1-48-35-25-30(26-36(49-2)41(35)52-5)13-17-39(45)55-22-10-8-7-9-19-44(20-11-23-54-33-16-14-31-15-18-40(46)57-34(31)29-33)21-12-24-56-43(47)32-27-37(50-3)42(53-6)38(28-32)51-4/h13-18,25-29H,7-12,19-24H2,1-6H3/b17-13+. The van der Waals surface area contributed by atoms with Gasteiger partial charge in [-0.3, -0.25) is 0 Å². The van der Waals surface area contributed by atoms with Crippen molar-refractivity contribution < 1.29 is 56.6 Å². The topological polar surface area (TPSA) is 151 Å². The Morgan fingerprint density at radius 2 is 1.18 bits per heavy atom. The Balaban J connectivity index is 1.23. The fourth-order valence-electron chi connectivity index (χ4n) is 6.05. The molecule has 0 N–H and O–H groups in total. The van der Waals surface area contributed by atoms with E-state index in [0.717, 1.165) is 50.6 Å². The Morgan fingerprint density at radius 1 is 0.614 bits per heavy atom. The number of benzene rings is 3. The predicted molar refractivity (Wildman–Crippen MR) is 215 cm³/mol. The van der Waals surface area contributed by atoms with Gasteiger partial charge in [-0.1, -0.05) is 12.8 Å². The third-order valence-corrected chi connectivity index (χ3v) is 8.95. The largest absolute Gasteiger partial charge is 0.493 e. The third kappa shape index (κ3) is 13.4. The monoisotopic (exact) mass is 791 g/mol. The number of carbonyl (C=O) groups excluding carboxylic acids is 2. The molecule has 0 fully saturated rings. The van der Waals surface area contributed by atoms with Gasteiger partial charge in [0.05, 0.1) is 68.0 Å². The lowest BCUT2D eigenvalue weighted by atomic mass is 10.1. The van der Waals surface area contributed by atoms with E-state index in [1.807, 2.05) is 12.1 Å². The molecule has 1 aromatic heterocycles. The van der Waals surface area contributed by atoms with Crippen LogP contribution in [-0.2, 0) is 14.3 Å². The van der Waals surface area contributed by atoms with Crippen LogP contribution in [0.5, 0.6) is 40.2 Å². The van der Waals surface area contributed by atoms with Crippen LogP contribution in [0.1, 0.15) is 54.4 Å².